The molecule has 1 N–H and O–H groups in total. The van der Waals surface area contributed by atoms with Gasteiger partial charge in [0.15, 0.2) is 16.4 Å². The number of ether oxygens (including phenoxy) is 3. The molecule has 2 aromatic carbocycles. The molecular formula is C17H16O6S. The van der Waals surface area contributed by atoms with Gasteiger partial charge in [0, 0.05) is 5.56 Å². The van der Waals surface area contributed by atoms with Crippen molar-refractivity contribution in [2.24, 2.45) is 0 Å². The van der Waals surface area contributed by atoms with Crippen LogP contribution in [0.15, 0.2) is 52.8 Å². The lowest BCUT2D eigenvalue weighted by Gasteiger charge is -2.13. The van der Waals surface area contributed by atoms with Crippen molar-refractivity contribution >= 4 is 9.84 Å². The van der Waals surface area contributed by atoms with Gasteiger partial charge in [0.05, 0.1) is 12.0 Å². The molecule has 0 amide bonds. The first-order valence-electron chi connectivity index (χ1n) is 7.13. The van der Waals surface area contributed by atoms with Crippen molar-refractivity contribution in [1.82, 2.24) is 0 Å². The summed E-state index contributed by atoms with van der Waals surface area (Å²) >= 11 is 0. The highest BCUT2D eigenvalue weighted by Gasteiger charge is 2.33. The van der Waals surface area contributed by atoms with Gasteiger partial charge in [-0.15, -0.1) is 6.58 Å². The lowest BCUT2D eigenvalue weighted by Crippen LogP contribution is -2.05. The van der Waals surface area contributed by atoms with E-state index in [0.717, 1.165) is 0 Å². The number of rotatable bonds is 5. The molecule has 0 unspecified atom stereocenters. The smallest absolute Gasteiger partial charge is 0.231 e. The number of phenols is 1. The number of hydrogen-bond donors (Lipinski definition) is 1. The third-order valence-electron chi connectivity index (χ3n) is 3.67. The first kappa shape index (κ1) is 16.2. The number of fused-ring (bicyclic) bond motifs is 1. The maximum Gasteiger partial charge on any atom is 0.231 e. The molecule has 0 aromatic heterocycles. The Kier molecular flexibility index (Phi) is 4.11. The Morgan fingerprint density at radius 1 is 1.29 bits per heavy atom. The first-order valence-corrected chi connectivity index (χ1v) is 8.62. The summed E-state index contributed by atoms with van der Waals surface area (Å²) in [7, 11) is -2.51. The van der Waals surface area contributed by atoms with Gasteiger partial charge in [-0.25, -0.2) is 8.42 Å². The van der Waals surface area contributed by atoms with E-state index < -0.39 is 9.84 Å². The number of benzene rings is 2. The minimum atomic E-state index is -4.01. The summed E-state index contributed by atoms with van der Waals surface area (Å²) in [6.45, 7) is 3.51. The molecule has 7 heteroatoms. The van der Waals surface area contributed by atoms with Gasteiger partial charge in [-0.05, 0) is 36.8 Å². The minimum absolute atomic E-state index is 0.0204. The van der Waals surface area contributed by atoms with Crippen LogP contribution in [0.5, 0.6) is 23.0 Å². The summed E-state index contributed by atoms with van der Waals surface area (Å²) < 4.78 is 41.6. The van der Waals surface area contributed by atoms with E-state index in [1.165, 1.54) is 31.4 Å². The first-order chi connectivity index (χ1) is 11.5. The third-order valence-corrected chi connectivity index (χ3v) is 5.48. The summed E-state index contributed by atoms with van der Waals surface area (Å²) in [5.74, 6) is 0.492. The zero-order valence-corrected chi connectivity index (χ0v) is 13.8. The highest BCUT2D eigenvalue weighted by Crippen LogP contribution is 2.47. The molecule has 0 aliphatic carbocycles. The second-order valence-corrected chi connectivity index (χ2v) is 7.01. The highest BCUT2D eigenvalue weighted by molar-refractivity contribution is 7.91. The quantitative estimate of drug-likeness (QED) is 0.837. The van der Waals surface area contributed by atoms with E-state index in [4.69, 9.17) is 14.2 Å². The van der Waals surface area contributed by atoms with Crippen LogP contribution in [0.25, 0.3) is 0 Å². The Morgan fingerprint density at radius 3 is 2.62 bits per heavy atom. The van der Waals surface area contributed by atoms with Gasteiger partial charge in [-0.3, -0.25) is 0 Å². The number of sulfone groups is 1. The van der Waals surface area contributed by atoms with Crippen LogP contribution in [0, 0.1) is 0 Å². The van der Waals surface area contributed by atoms with Crippen LogP contribution in [0.2, 0.25) is 0 Å². The molecule has 0 fully saturated rings. The summed E-state index contributed by atoms with van der Waals surface area (Å²) in [4.78, 5) is -0.272. The topological polar surface area (TPSA) is 82.1 Å². The largest absolute Gasteiger partial charge is 0.506 e. The fourth-order valence-electron chi connectivity index (χ4n) is 2.49. The number of allylic oxidation sites excluding steroid dienone is 1. The fraction of sp³-hybridized carbons (Fsp3) is 0.176. The van der Waals surface area contributed by atoms with Crippen molar-refractivity contribution < 1.29 is 27.7 Å². The van der Waals surface area contributed by atoms with Crippen LogP contribution < -0.4 is 14.2 Å². The van der Waals surface area contributed by atoms with E-state index >= 15 is 0 Å². The van der Waals surface area contributed by atoms with Crippen molar-refractivity contribution in [3.05, 3.63) is 48.6 Å². The molecule has 1 aliphatic heterocycles. The molecule has 3 rings (SSSR count). The van der Waals surface area contributed by atoms with Crippen molar-refractivity contribution in [1.29, 1.82) is 0 Å². The molecule has 0 atom stereocenters. The summed E-state index contributed by atoms with van der Waals surface area (Å²) in [6.07, 6.45) is 1.87. The number of phenolic OH excluding ortho intramolecular Hbond substituents is 1. The molecule has 0 saturated carbocycles. The second-order valence-electron chi connectivity index (χ2n) is 5.12. The van der Waals surface area contributed by atoms with E-state index in [1.807, 2.05) is 0 Å². The van der Waals surface area contributed by atoms with Crippen LogP contribution in [-0.4, -0.2) is 27.4 Å². The summed E-state index contributed by atoms with van der Waals surface area (Å²) in [5.41, 5.74) is 0.404. The average molecular weight is 348 g/mol. The van der Waals surface area contributed by atoms with Gasteiger partial charge in [0.1, 0.15) is 11.5 Å². The van der Waals surface area contributed by atoms with E-state index in [9.17, 15) is 13.5 Å². The van der Waals surface area contributed by atoms with Gasteiger partial charge >= 0.3 is 0 Å². The Hall–Kier alpha value is -2.67. The third kappa shape index (κ3) is 2.56. The summed E-state index contributed by atoms with van der Waals surface area (Å²) in [5, 5.41) is 10.5. The van der Waals surface area contributed by atoms with Crippen molar-refractivity contribution in [2.45, 2.75) is 16.2 Å². The van der Waals surface area contributed by atoms with Crippen molar-refractivity contribution in [2.75, 3.05) is 13.9 Å². The van der Waals surface area contributed by atoms with Crippen molar-refractivity contribution in [3.63, 3.8) is 0 Å². The van der Waals surface area contributed by atoms with Gasteiger partial charge in [-0.2, -0.15) is 0 Å². The standard InChI is InChI=1S/C17H16O6S/c1-3-4-11-9-14-16(23-10-22-14)17(15(11)18)24(19,20)13-7-5-12(21-2)6-8-13/h3,5-9,18H,1,4,10H2,2H3. The Balaban J connectivity index is 2.21. The SMILES string of the molecule is C=CCc1cc2c(c(S(=O)(=O)c3ccc(OC)cc3)c1O)OCO2. The van der Waals surface area contributed by atoms with Crippen LogP contribution in [0.3, 0.4) is 0 Å². The molecule has 0 bridgehead atoms. The summed E-state index contributed by atoms with van der Waals surface area (Å²) in [6, 6.07) is 7.46. The number of methoxy groups -OCH3 is 1. The average Bonchev–Trinajstić information content (AvgIpc) is 3.03. The van der Waals surface area contributed by atoms with Crippen molar-refractivity contribution in [3.8, 4) is 23.0 Å². The van der Waals surface area contributed by atoms with Gasteiger partial charge < -0.3 is 19.3 Å². The molecular weight excluding hydrogens is 332 g/mol. The Bertz CT molecular complexity index is 884. The maximum atomic E-state index is 13.0. The number of aromatic hydroxyl groups is 1. The maximum absolute atomic E-state index is 13.0. The number of hydrogen-bond acceptors (Lipinski definition) is 6. The lowest BCUT2D eigenvalue weighted by atomic mass is 10.1. The van der Waals surface area contributed by atoms with E-state index in [-0.39, 0.29) is 33.8 Å². The zero-order valence-electron chi connectivity index (χ0n) is 13.0. The van der Waals surface area contributed by atoms with Crippen LogP contribution in [0.4, 0.5) is 0 Å². The zero-order chi connectivity index (χ0) is 17.3. The van der Waals surface area contributed by atoms with Gasteiger partial charge in [0.2, 0.25) is 16.6 Å². The molecule has 0 radical (unpaired) electrons. The molecule has 6 nitrogen and oxygen atoms in total. The van der Waals surface area contributed by atoms with Crippen LogP contribution in [-0.2, 0) is 16.3 Å². The van der Waals surface area contributed by atoms with Crippen LogP contribution in [0.1, 0.15) is 5.56 Å². The predicted molar refractivity (Wildman–Crippen MR) is 86.6 cm³/mol. The normalized spacial score (nSPS) is 12.9. The molecule has 0 saturated heterocycles. The lowest BCUT2D eigenvalue weighted by molar-refractivity contribution is 0.172. The minimum Gasteiger partial charge on any atom is -0.506 e. The van der Waals surface area contributed by atoms with E-state index in [2.05, 4.69) is 6.58 Å². The second kappa shape index (κ2) is 6.09. The predicted octanol–water partition coefficient (Wildman–Crippen LogP) is 2.69. The fourth-order valence-corrected chi connectivity index (χ4v) is 4.01. The molecule has 0 spiro atoms. The highest BCUT2D eigenvalue weighted by atomic mass is 32.2. The van der Waals surface area contributed by atoms with Gasteiger partial charge in [-0.1, -0.05) is 6.08 Å². The Labute approximate surface area is 139 Å². The van der Waals surface area contributed by atoms with E-state index in [0.29, 0.717) is 17.7 Å². The molecule has 24 heavy (non-hydrogen) atoms. The molecule has 1 aliphatic rings. The molecule has 1 heterocycles. The Morgan fingerprint density at radius 2 is 2.00 bits per heavy atom. The van der Waals surface area contributed by atoms with Gasteiger partial charge in [0.25, 0.3) is 0 Å². The van der Waals surface area contributed by atoms with Crippen LogP contribution >= 0.6 is 0 Å². The monoisotopic (exact) mass is 348 g/mol. The molecule has 2 aromatic rings. The molecule has 126 valence electrons. The van der Waals surface area contributed by atoms with E-state index in [1.54, 1.807) is 12.1 Å².